The molecule has 0 atom stereocenters. The lowest BCUT2D eigenvalue weighted by Crippen LogP contribution is -1.88. The van der Waals surface area contributed by atoms with E-state index in [0.717, 1.165) is 16.9 Å². The van der Waals surface area contributed by atoms with Crippen molar-refractivity contribution in [2.45, 2.75) is 4.90 Å². The number of benzene rings is 2. The molecule has 5 heteroatoms. The van der Waals surface area contributed by atoms with Gasteiger partial charge < -0.3 is 4.72 Å². The molecule has 18 heavy (non-hydrogen) atoms. The quantitative estimate of drug-likeness (QED) is 0.665. The summed E-state index contributed by atoms with van der Waals surface area (Å²) >= 11 is 7.00. The van der Waals surface area contributed by atoms with Gasteiger partial charge in [-0.3, -0.25) is 4.79 Å². The lowest BCUT2D eigenvalue weighted by atomic mass is 10.2. The first-order chi connectivity index (χ1) is 8.69. The minimum atomic E-state index is -0.434. The number of carbonyl (C=O) groups is 1. The molecular weight excluding hydrogens is 273 g/mol. The number of hydrogen-bond donors (Lipinski definition) is 1. The van der Waals surface area contributed by atoms with Gasteiger partial charge in [0.15, 0.2) is 0 Å². The van der Waals surface area contributed by atoms with Crippen LogP contribution in [0.15, 0.2) is 47.4 Å². The third-order valence-electron chi connectivity index (χ3n) is 2.22. The normalized spacial score (nSPS) is 10.1. The molecule has 0 saturated carbocycles. The summed E-state index contributed by atoms with van der Waals surface area (Å²) in [6.45, 7) is 0. The highest BCUT2D eigenvalue weighted by molar-refractivity contribution is 8.00. The van der Waals surface area contributed by atoms with Crippen LogP contribution < -0.4 is 4.72 Å². The molecule has 0 amide bonds. The number of hydrogen-bond acceptors (Lipinski definition) is 3. The Morgan fingerprint density at radius 2 is 1.89 bits per heavy atom. The van der Waals surface area contributed by atoms with Crippen molar-refractivity contribution < 1.29 is 9.18 Å². The van der Waals surface area contributed by atoms with E-state index in [1.807, 2.05) is 0 Å². The second-order valence-electron chi connectivity index (χ2n) is 3.52. The van der Waals surface area contributed by atoms with Crippen molar-refractivity contribution in [3.8, 4) is 0 Å². The van der Waals surface area contributed by atoms with Crippen molar-refractivity contribution in [2.75, 3.05) is 4.72 Å². The Kier molecular flexibility index (Phi) is 4.23. The van der Waals surface area contributed by atoms with Crippen LogP contribution in [0.1, 0.15) is 10.4 Å². The first-order valence-electron chi connectivity index (χ1n) is 5.12. The van der Waals surface area contributed by atoms with E-state index in [0.29, 0.717) is 5.56 Å². The smallest absolute Gasteiger partial charge is 0.150 e. The van der Waals surface area contributed by atoms with Crippen LogP contribution in [0.2, 0.25) is 5.02 Å². The Bertz CT molecular complexity index is 559. The Balaban J connectivity index is 2.01. The molecule has 0 aromatic heterocycles. The van der Waals surface area contributed by atoms with Crippen molar-refractivity contribution in [3.63, 3.8) is 0 Å². The van der Waals surface area contributed by atoms with Gasteiger partial charge in [0.25, 0.3) is 0 Å². The Morgan fingerprint density at radius 3 is 2.50 bits per heavy atom. The average molecular weight is 282 g/mol. The van der Waals surface area contributed by atoms with Crippen LogP contribution in [0.3, 0.4) is 0 Å². The lowest BCUT2D eigenvalue weighted by molar-refractivity contribution is 0.112. The third-order valence-corrected chi connectivity index (χ3v) is 3.34. The maximum atomic E-state index is 13.0. The highest BCUT2D eigenvalue weighted by Crippen LogP contribution is 2.25. The van der Waals surface area contributed by atoms with Crippen molar-refractivity contribution in [1.82, 2.24) is 0 Å². The molecule has 2 aromatic carbocycles. The van der Waals surface area contributed by atoms with Crippen LogP contribution in [0, 0.1) is 5.82 Å². The summed E-state index contributed by atoms with van der Waals surface area (Å²) in [5.41, 5.74) is 1.47. The van der Waals surface area contributed by atoms with E-state index in [2.05, 4.69) is 4.72 Å². The van der Waals surface area contributed by atoms with Crippen molar-refractivity contribution >= 4 is 35.5 Å². The van der Waals surface area contributed by atoms with Crippen LogP contribution in [0.25, 0.3) is 0 Å². The summed E-state index contributed by atoms with van der Waals surface area (Å²) in [7, 11) is 0. The van der Waals surface area contributed by atoms with Crippen LogP contribution in [0.5, 0.6) is 0 Å². The first kappa shape index (κ1) is 12.9. The zero-order chi connectivity index (χ0) is 13.0. The van der Waals surface area contributed by atoms with Gasteiger partial charge in [-0.25, -0.2) is 4.39 Å². The molecule has 0 saturated heterocycles. The minimum absolute atomic E-state index is 0.0955. The highest BCUT2D eigenvalue weighted by atomic mass is 35.5. The van der Waals surface area contributed by atoms with Crippen LogP contribution in [-0.2, 0) is 0 Å². The van der Waals surface area contributed by atoms with Crippen molar-refractivity contribution in [2.24, 2.45) is 0 Å². The van der Waals surface area contributed by atoms with Crippen molar-refractivity contribution in [3.05, 3.63) is 58.9 Å². The lowest BCUT2D eigenvalue weighted by Gasteiger charge is -2.06. The first-order valence-corrected chi connectivity index (χ1v) is 6.31. The summed E-state index contributed by atoms with van der Waals surface area (Å²) in [5, 5.41) is 0.0955. The number of anilines is 1. The number of carbonyl (C=O) groups excluding carboxylic acids is 1. The van der Waals surface area contributed by atoms with Crippen molar-refractivity contribution in [1.29, 1.82) is 0 Å². The molecule has 0 unspecified atom stereocenters. The van der Waals surface area contributed by atoms with Gasteiger partial charge in [-0.2, -0.15) is 0 Å². The van der Waals surface area contributed by atoms with E-state index in [9.17, 15) is 9.18 Å². The Morgan fingerprint density at radius 1 is 1.17 bits per heavy atom. The predicted octanol–water partition coefficient (Wildman–Crippen LogP) is 4.41. The van der Waals surface area contributed by atoms with Gasteiger partial charge in [-0.15, -0.1) is 0 Å². The molecule has 1 N–H and O–H groups in total. The number of nitrogens with one attached hydrogen (secondary N) is 1. The fraction of sp³-hybridized carbons (Fsp3) is 0. The van der Waals surface area contributed by atoms with E-state index >= 15 is 0 Å². The molecule has 92 valence electrons. The number of aldehydes is 1. The molecule has 2 aromatic rings. The van der Waals surface area contributed by atoms with Gasteiger partial charge in [0.05, 0.1) is 5.02 Å². The molecule has 2 rings (SSSR count). The molecule has 0 aliphatic heterocycles. The topological polar surface area (TPSA) is 29.1 Å². The fourth-order valence-corrected chi connectivity index (χ4v) is 2.22. The summed E-state index contributed by atoms with van der Waals surface area (Å²) in [6, 6.07) is 11.5. The Hall–Kier alpha value is -1.52. The van der Waals surface area contributed by atoms with Crippen LogP contribution >= 0.6 is 23.5 Å². The third kappa shape index (κ3) is 3.24. The second-order valence-corrected chi connectivity index (χ2v) is 4.81. The molecule has 0 fully saturated rings. The van der Waals surface area contributed by atoms with E-state index in [4.69, 9.17) is 11.6 Å². The summed E-state index contributed by atoms with van der Waals surface area (Å²) < 4.78 is 16.0. The van der Waals surface area contributed by atoms with Gasteiger partial charge in [0.1, 0.15) is 12.1 Å². The van der Waals surface area contributed by atoms with Gasteiger partial charge in [-0.05, 0) is 54.4 Å². The standard InChI is InChI=1S/C13H9ClFNOS/c14-12-7-11(5-6-13(12)15)18-16-10-3-1-9(8-17)2-4-10/h1-8,16H. The number of halogens is 2. The summed E-state index contributed by atoms with van der Waals surface area (Å²) in [6.07, 6.45) is 0.788. The zero-order valence-electron chi connectivity index (χ0n) is 9.19. The van der Waals surface area contributed by atoms with Crippen LogP contribution in [0.4, 0.5) is 10.1 Å². The van der Waals surface area contributed by atoms with Gasteiger partial charge in [0, 0.05) is 16.1 Å². The largest absolute Gasteiger partial charge is 0.326 e. The molecular formula is C13H9ClFNOS. The van der Waals surface area contributed by atoms with E-state index in [-0.39, 0.29) is 5.02 Å². The number of rotatable bonds is 4. The predicted molar refractivity (Wildman–Crippen MR) is 72.7 cm³/mol. The van der Waals surface area contributed by atoms with Crippen LogP contribution in [-0.4, -0.2) is 6.29 Å². The molecule has 0 aliphatic rings. The zero-order valence-corrected chi connectivity index (χ0v) is 10.8. The maximum Gasteiger partial charge on any atom is 0.150 e. The van der Waals surface area contributed by atoms with E-state index in [1.165, 1.54) is 18.0 Å². The van der Waals surface area contributed by atoms with Gasteiger partial charge >= 0.3 is 0 Å². The maximum absolute atomic E-state index is 13.0. The molecule has 2 nitrogen and oxygen atoms in total. The molecule has 0 bridgehead atoms. The molecule has 0 spiro atoms. The Labute approximate surface area is 113 Å². The SMILES string of the molecule is O=Cc1ccc(NSc2ccc(F)c(Cl)c2)cc1. The second kappa shape index (κ2) is 5.89. The average Bonchev–Trinajstić information content (AvgIpc) is 2.41. The van der Waals surface area contributed by atoms with E-state index in [1.54, 1.807) is 36.4 Å². The minimum Gasteiger partial charge on any atom is -0.326 e. The summed E-state index contributed by atoms with van der Waals surface area (Å²) in [4.78, 5) is 11.3. The summed E-state index contributed by atoms with van der Waals surface area (Å²) in [5.74, 6) is -0.434. The molecule has 0 radical (unpaired) electrons. The highest BCUT2D eigenvalue weighted by Gasteiger charge is 2.01. The van der Waals surface area contributed by atoms with Gasteiger partial charge in [0.2, 0.25) is 0 Å². The van der Waals surface area contributed by atoms with Gasteiger partial charge in [-0.1, -0.05) is 11.6 Å². The van der Waals surface area contributed by atoms with E-state index < -0.39 is 5.82 Å². The fourth-order valence-electron chi connectivity index (χ4n) is 1.29. The molecule has 0 aliphatic carbocycles. The monoisotopic (exact) mass is 281 g/mol. The molecule has 0 heterocycles.